The van der Waals surface area contributed by atoms with Crippen molar-refractivity contribution in [1.29, 1.82) is 0 Å². The number of halogens is 2. The Morgan fingerprint density at radius 3 is 2.56 bits per heavy atom. The molecule has 0 bridgehead atoms. The van der Waals surface area contributed by atoms with E-state index in [1.807, 2.05) is 0 Å². The normalized spacial score (nSPS) is 20.2. The topological polar surface area (TPSA) is 29.5 Å². The molecule has 1 aromatic carbocycles. The number of hydrogen-bond donors (Lipinski definition) is 1. The van der Waals surface area contributed by atoms with E-state index in [4.69, 9.17) is 27.9 Å². The monoisotopic (exact) mass is 260 g/mol. The van der Waals surface area contributed by atoms with Gasteiger partial charge in [-0.15, -0.1) is 0 Å². The Morgan fingerprint density at radius 1 is 1.38 bits per heavy atom. The summed E-state index contributed by atoms with van der Waals surface area (Å²) in [6.45, 7) is 0. The van der Waals surface area contributed by atoms with Gasteiger partial charge in [0.25, 0.3) is 0 Å². The predicted molar refractivity (Wildman–Crippen MR) is 65.0 cm³/mol. The van der Waals surface area contributed by atoms with Crippen molar-refractivity contribution in [2.75, 3.05) is 7.11 Å². The maximum atomic E-state index is 10.3. The smallest absolute Gasteiger partial charge is 0.109 e. The van der Waals surface area contributed by atoms with Crippen molar-refractivity contribution in [3.8, 4) is 0 Å². The van der Waals surface area contributed by atoms with Crippen LogP contribution in [0.5, 0.6) is 0 Å². The number of aliphatic hydroxyl groups excluding tert-OH is 1. The molecule has 0 radical (unpaired) electrons. The zero-order valence-corrected chi connectivity index (χ0v) is 10.6. The maximum Gasteiger partial charge on any atom is 0.109 e. The molecule has 0 spiro atoms. The quantitative estimate of drug-likeness (QED) is 0.900. The molecule has 1 aliphatic rings. The zero-order valence-electron chi connectivity index (χ0n) is 9.04. The molecule has 88 valence electrons. The highest BCUT2D eigenvalue weighted by atomic mass is 35.5. The number of aliphatic hydroxyl groups is 1. The van der Waals surface area contributed by atoms with Crippen LogP contribution in [0.4, 0.5) is 0 Å². The summed E-state index contributed by atoms with van der Waals surface area (Å²) in [5, 5.41) is 11.2. The Balaban J connectivity index is 2.33. The minimum atomic E-state index is -0.711. The first-order valence-electron chi connectivity index (χ1n) is 5.28. The summed E-state index contributed by atoms with van der Waals surface area (Å²) < 4.78 is 5.43. The van der Waals surface area contributed by atoms with Crippen LogP contribution in [0.1, 0.15) is 30.9 Å². The van der Waals surface area contributed by atoms with Crippen molar-refractivity contribution in [2.45, 2.75) is 31.0 Å². The minimum absolute atomic E-state index is 0.417. The van der Waals surface area contributed by atoms with E-state index < -0.39 is 11.7 Å². The lowest BCUT2D eigenvalue weighted by atomic mass is 9.73. The van der Waals surface area contributed by atoms with Gasteiger partial charge in [0.05, 0.1) is 15.6 Å². The molecule has 16 heavy (non-hydrogen) atoms. The summed E-state index contributed by atoms with van der Waals surface area (Å²) in [4.78, 5) is 0. The van der Waals surface area contributed by atoms with E-state index in [-0.39, 0.29) is 0 Å². The van der Waals surface area contributed by atoms with Crippen molar-refractivity contribution in [3.05, 3.63) is 33.8 Å². The number of ether oxygens (including phenoxy) is 1. The van der Waals surface area contributed by atoms with Crippen LogP contribution in [0.3, 0.4) is 0 Å². The number of hydrogen-bond acceptors (Lipinski definition) is 2. The summed E-state index contributed by atoms with van der Waals surface area (Å²) >= 11 is 12.0. The van der Waals surface area contributed by atoms with E-state index in [0.29, 0.717) is 15.6 Å². The number of rotatable bonds is 3. The zero-order chi connectivity index (χ0) is 11.8. The highest BCUT2D eigenvalue weighted by Gasteiger charge is 2.45. The number of methoxy groups -OCH3 is 1. The maximum absolute atomic E-state index is 10.3. The first-order valence-corrected chi connectivity index (χ1v) is 6.03. The fourth-order valence-corrected chi connectivity index (χ4v) is 2.54. The van der Waals surface area contributed by atoms with Crippen molar-refractivity contribution < 1.29 is 9.84 Å². The minimum Gasteiger partial charge on any atom is -0.385 e. The molecule has 0 heterocycles. The van der Waals surface area contributed by atoms with E-state index in [1.54, 1.807) is 25.3 Å². The molecule has 1 atom stereocenters. The molecule has 1 N–H and O–H groups in total. The molecule has 1 aliphatic carbocycles. The highest BCUT2D eigenvalue weighted by molar-refractivity contribution is 6.42. The third kappa shape index (κ3) is 1.84. The van der Waals surface area contributed by atoms with Gasteiger partial charge in [0.15, 0.2) is 0 Å². The molecular formula is C12H14Cl2O2. The molecule has 0 aromatic heterocycles. The fourth-order valence-electron chi connectivity index (χ4n) is 2.13. The van der Waals surface area contributed by atoms with Crippen molar-refractivity contribution in [2.24, 2.45) is 0 Å². The van der Waals surface area contributed by atoms with Crippen molar-refractivity contribution in [1.82, 2.24) is 0 Å². The van der Waals surface area contributed by atoms with Crippen LogP contribution in [0.25, 0.3) is 0 Å². The molecule has 1 aromatic rings. The van der Waals surface area contributed by atoms with E-state index in [0.717, 1.165) is 19.3 Å². The van der Waals surface area contributed by atoms with Crippen molar-refractivity contribution >= 4 is 23.2 Å². The molecule has 4 heteroatoms. The Kier molecular flexibility index (Phi) is 3.45. The predicted octanol–water partition coefficient (Wildman–Crippen LogP) is 3.60. The van der Waals surface area contributed by atoms with Gasteiger partial charge >= 0.3 is 0 Å². The molecule has 0 amide bonds. The lowest BCUT2D eigenvalue weighted by Gasteiger charge is -2.44. The Morgan fingerprint density at radius 2 is 2.06 bits per heavy atom. The van der Waals surface area contributed by atoms with Gasteiger partial charge < -0.3 is 9.84 Å². The number of benzene rings is 1. The molecule has 1 unspecified atom stereocenters. The van der Waals surface area contributed by atoms with Gasteiger partial charge in [-0.25, -0.2) is 0 Å². The van der Waals surface area contributed by atoms with E-state index in [9.17, 15) is 5.11 Å². The van der Waals surface area contributed by atoms with Gasteiger partial charge in [0, 0.05) is 12.7 Å². The summed E-state index contributed by atoms with van der Waals surface area (Å²) in [5.41, 5.74) is 0.171. The molecule has 2 rings (SSSR count). The van der Waals surface area contributed by atoms with Gasteiger partial charge in [-0.2, -0.15) is 0 Å². The van der Waals surface area contributed by atoms with Crippen LogP contribution in [-0.4, -0.2) is 17.8 Å². The standard InChI is InChI=1S/C12H14Cl2O2/c1-16-12(6-3-7-12)11(15)8-4-2-5-9(13)10(8)14/h2,4-5,11,15H,3,6-7H2,1H3. The molecule has 1 fully saturated rings. The second-order valence-corrected chi connectivity index (χ2v) is 4.95. The van der Waals surface area contributed by atoms with E-state index in [1.165, 1.54) is 0 Å². The van der Waals surface area contributed by atoms with Gasteiger partial charge in [-0.05, 0) is 25.3 Å². The highest BCUT2D eigenvalue weighted by Crippen LogP contribution is 2.46. The van der Waals surface area contributed by atoms with Crippen LogP contribution in [0.2, 0.25) is 10.0 Å². The largest absolute Gasteiger partial charge is 0.385 e. The van der Waals surface area contributed by atoms with Crippen molar-refractivity contribution in [3.63, 3.8) is 0 Å². The summed E-state index contributed by atoms with van der Waals surface area (Å²) in [5.74, 6) is 0. The van der Waals surface area contributed by atoms with Gasteiger partial charge in [-0.1, -0.05) is 35.3 Å². The van der Waals surface area contributed by atoms with E-state index in [2.05, 4.69) is 0 Å². The molecule has 0 aliphatic heterocycles. The first kappa shape index (κ1) is 12.2. The molecule has 1 saturated carbocycles. The fraction of sp³-hybridized carbons (Fsp3) is 0.500. The van der Waals surface area contributed by atoms with Gasteiger partial charge in [0.2, 0.25) is 0 Å². The Hall–Kier alpha value is -0.280. The summed E-state index contributed by atoms with van der Waals surface area (Å²) in [7, 11) is 1.63. The lowest BCUT2D eigenvalue weighted by Crippen LogP contribution is -2.45. The lowest BCUT2D eigenvalue weighted by molar-refractivity contribution is -0.151. The summed E-state index contributed by atoms with van der Waals surface area (Å²) in [6, 6.07) is 5.28. The average molecular weight is 261 g/mol. The summed E-state index contributed by atoms with van der Waals surface area (Å²) in [6.07, 6.45) is 2.07. The SMILES string of the molecule is COC1(C(O)c2cccc(Cl)c2Cl)CCC1. The Labute approximate surface area is 105 Å². The second-order valence-electron chi connectivity index (χ2n) is 4.17. The molecule has 0 saturated heterocycles. The van der Waals surface area contributed by atoms with Crippen LogP contribution in [0.15, 0.2) is 18.2 Å². The molecular weight excluding hydrogens is 247 g/mol. The Bertz CT molecular complexity index is 383. The average Bonchev–Trinajstić information content (AvgIpc) is 2.21. The third-order valence-electron chi connectivity index (χ3n) is 3.38. The second kappa shape index (κ2) is 4.53. The van der Waals surface area contributed by atoms with Gasteiger partial charge in [-0.3, -0.25) is 0 Å². The third-order valence-corrected chi connectivity index (χ3v) is 4.21. The first-order chi connectivity index (χ1) is 7.60. The van der Waals surface area contributed by atoms with E-state index >= 15 is 0 Å². The molecule has 2 nitrogen and oxygen atoms in total. The van der Waals surface area contributed by atoms with Crippen LogP contribution in [-0.2, 0) is 4.74 Å². The van der Waals surface area contributed by atoms with Crippen LogP contribution >= 0.6 is 23.2 Å². The van der Waals surface area contributed by atoms with Crippen LogP contribution < -0.4 is 0 Å². The van der Waals surface area contributed by atoms with Crippen LogP contribution in [0, 0.1) is 0 Å². The van der Waals surface area contributed by atoms with Gasteiger partial charge in [0.1, 0.15) is 6.10 Å².